The molecule has 0 aliphatic carbocycles. The predicted molar refractivity (Wildman–Crippen MR) is 557 cm³/mol. The highest BCUT2D eigenvalue weighted by Crippen LogP contribution is 2.37. The van der Waals surface area contributed by atoms with E-state index >= 15 is 0 Å². The van der Waals surface area contributed by atoms with Crippen LogP contribution in [0.1, 0.15) is 237 Å². The maximum absolute atomic E-state index is 10.4. The van der Waals surface area contributed by atoms with Gasteiger partial charge in [0.05, 0.1) is 155 Å². The van der Waals surface area contributed by atoms with Gasteiger partial charge in [0.2, 0.25) is 0 Å². The minimum absolute atomic E-state index is 1.00. The number of hydrogen-bond donors (Lipinski definition) is 12. The van der Waals surface area contributed by atoms with E-state index < -0.39 is 47.4 Å². The van der Waals surface area contributed by atoms with Gasteiger partial charge in [-0.15, -0.1) is 25.2 Å². The fourth-order valence-electron chi connectivity index (χ4n) is 11.4. The van der Waals surface area contributed by atoms with Crippen molar-refractivity contribution in [2.24, 2.45) is 59.9 Å². The van der Waals surface area contributed by atoms with Crippen LogP contribution in [0.3, 0.4) is 0 Å². The molecule has 0 aromatic carbocycles. The summed E-state index contributed by atoms with van der Waals surface area (Å²) in [6.45, 7) is 66.6. The number of aliphatic imine (C=N–C) groups is 12. The molecular formula is C84H180F6N24O18P6. The van der Waals surface area contributed by atoms with Crippen molar-refractivity contribution in [1.82, 2.24) is 58.8 Å². The molecule has 54 heteroatoms. The topological polar surface area (TPSA) is 532 Å². The van der Waals surface area contributed by atoms with Crippen LogP contribution in [0, 0.1) is 0 Å². The zero-order chi connectivity index (χ0) is 105. The lowest BCUT2D eigenvalue weighted by atomic mass is 10.3. The third-order valence-electron chi connectivity index (χ3n) is 18.7. The molecule has 0 fully saturated rings. The second-order valence-corrected chi connectivity index (χ2v) is 37.4. The summed E-state index contributed by atoms with van der Waals surface area (Å²) in [6.07, 6.45) is 54.6. The Bertz CT molecular complexity index is 2690. The summed E-state index contributed by atoms with van der Waals surface area (Å²) in [7, 11) is -30.8. The van der Waals surface area contributed by atoms with Crippen molar-refractivity contribution in [2.45, 2.75) is 237 Å². The average Bonchev–Trinajstić information content (AvgIpc) is 1.92. The second kappa shape index (κ2) is 98.5. The summed E-state index contributed by atoms with van der Waals surface area (Å²) in [5.74, 6) is 0. The molecule has 0 unspecified atom stereocenters. The SMILES string of the molecule is CCCCN1C=NCC1.CCCCN1C=NCC1.CCCCN1C=NCC1.CCCCN1C=NCC1.CCCCN1C=NCC1.CCCCN1C=NCC1.CCCCN1C=NCC1.CCCCN1C=NCC1.CCCCN1C=NCC1.CCCCN1C=NCC1.CCCCN1C=NCC1.CCCCN1C=NCC1.O=P(O)(O)F.O=P(O)(O)F.O=P(O)(O)F.O=P(O)(O)F.O=P(O)(O)F.O=P(O)(O)F. The fourth-order valence-corrected chi connectivity index (χ4v) is 11.4. The third kappa shape index (κ3) is 136. The van der Waals surface area contributed by atoms with E-state index in [0.29, 0.717) is 0 Å². The van der Waals surface area contributed by atoms with Gasteiger partial charge in [-0.3, -0.25) is 119 Å². The Kier molecular flexibility index (Phi) is 102. The van der Waals surface area contributed by atoms with Crippen molar-refractivity contribution in [3.8, 4) is 0 Å². The molecule has 0 bridgehead atoms. The van der Waals surface area contributed by atoms with Crippen molar-refractivity contribution >= 4 is 124 Å². The first-order valence-corrected chi connectivity index (χ1v) is 57.6. The van der Waals surface area contributed by atoms with E-state index in [9.17, 15) is 25.2 Å². The molecule has 816 valence electrons. The number of hydrogen-bond acceptors (Lipinski definition) is 30. The molecule has 12 heterocycles. The van der Waals surface area contributed by atoms with E-state index in [4.69, 9.17) is 86.1 Å². The summed E-state index contributed by atoms with van der Waals surface area (Å²) >= 11 is 0. The fraction of sp³-hybridized carbons (Fsp3) is 0.857. The molecule has 42 nitrogen and oxygen atoms in total. The monoisotopic (exact) mass is 2110 g/mol. The van der Waals surface area contributed by atoms with E-state index in [0.717, 1.165) is 157 Å². The highest BCUT2D eigenvalue weighted by molar-refractivity contribution is 7.47. The van der Waals surface area contributed by atoms with E-state index in [1.54, 1.807) is 0 Å². The van der Waals surface area contributed by atoms with Crippen LogP contribution in [-0.2, 0) is 27.4 Å². The molecule has 0 aromatic heterocycles. The normalized spacial score (nSPS) is 16.0. The molecule has 12 N–H and O–H groups in total. The standard InChI is InChI=1S/12C7H14N2.6FH2O3P/c12*1-2-3-5-9-6-4-8-7-9;6*1-5(2,3)4/h12*7H,2-6H2,1H3;6*(H2,2,3,4). The summed E-state index contributed by atoms with van der Waals surface area (Å²) in [6, 6.07) is 0. The Morgan fingerprint density at radius 1 is 0.167 bits per heavy atom. The molecule has 12 aliphatic rings. The molecule has 0 amide bonds. The van der Waals surface area contributed by atoms with Crippen molar-refractivity contribution in [1.29, 1.82) is 0 Å². The maximum atomic E-state index is 10.4. The Balaban J connectivity index is -0.000000336. The van der Waals surface area contributed by atoms with Gasteiger partial charge in [-0.1, -0.05) is 160 Å². The van der Waals surface area contributed by atoms with Crippen LogP contribution in [-0.4, -0.2) is 429 Å². The first kappa shape index (κ1) is 143. The minimum atomic E-state index is -5.14. The largest absolute Gasteiger partial charge is 0.507 e. The number of nitrogens with zero attached hydrogens (tertiary/aromatic N) is 24. The summed E-state index contributed by atoms with van der Waals surface area (Å²) in [5, 5.41) is 0. The van der Waals surface area contributed by atoms with Gasteiger partial charge < -0.3 is 58.8 Å². The molecule has 0 spiro atoms. The molecule has 0 atom stereocenters. The molecule has 0 radical (unpaired) electrons. The highest BCUT2D eigenvalue weighted by atomic mass is 31.2. The van der Waals surface area contributed by atoms with E-state index in [1.807, 2.05) is 76.1 Å². The van der Waals surface area contributed by atoms with E-state index in [1.165, 1.54) is 233 Å². The Morgan fingerprint density at radius 3 is 0.261 bits per heavy atom. The number of unbranched alkanes of at least 4 members (excludes halogenated alkanes) is 12. The second-order valence-electron chi connectivity index (χ2n) is 31.8. The van der Waals surface area contributed by atoms with E-state index in [-0.39, 0.29) is 0 Å². The molecule has 12 rings (SSSR count). The Labute approximate surface area is 822 Å². The van der Waals surface area contributed by atoms with Crippen LogP contribution >= 0.6 is 47.4 Å². The molecule has 12 aliphatic heterocycles. The lowest BCUT2D eigenvalue weighted by Crippen LogP contribution is -2.20. The van der Waals surface area contributed by atoms with Gasteiger partial charge in [0.15, 0.2) is 0 Å². The highest BCUT2D eigenvalue weighted by Gasteiger charge is 2.14. The summed E-state index contributed by atoms with van der Waals surface area (Å²) in [5.41, 5.74) is 0. The number of rotatable bonds is 36. The maximum Gasteiger partial charge on any atom is 0.507 e. The van der Waals surface area contributed by atoms with Crippen LogP contribution in [0.25, 0.3) is 0 Å². The van der Waals surface area contributed by atoms with E-state index in [2.05, 4.69) is 202 Å². The van der Waals surface area contributed by atoms with Gasteiger partial charge in [-0.25, -0.2) is 27.4 Å². The molecule has 0 aromatic rings. The van der Waals surface area contributed by atoms with Crippen molar-refractivity contribution in [3.63, 3.8) is 0 Å². The van der Waals surface area contributed by atoms with Crippen LogP contribution in [0.5, 0.6) is 0 Å². The molecule has 0 saturated carbocycles. The summed E-state index contributed by atoms with van der Waals surface area (Å²) in [4.78, 5) is 160. The van der Waals surface area contributed by atoms with Crippen molar-refractivity contribution in [2.75, 3.05) is 236 Å². The minimum Gasteiger partial charge on any atom is -0.361 e. The Hall–Kier alpha value is -5.88. The lowest BCUT2D eigenvalue weighted by Gasteiger charge is -2.11. The third-order valence-corrected chi connectivity index (χ3v) is 18.7. The summed E-state index contributed by atoms with van der Waals surface area (Å²) < 4.78 is 114. The predicted octanol–water partition coefficient (Wildman–Crippen LogP) is 13.9. The Morgan fingerprint density at radius 2 is 0.225 bits per heavy atom. The first-order chi connectivity index (χ1) is 65.2. The van der Waals surface area contributed by atoms with Crippen LogP contribution in [0.2, 0.25) is 0 Å². The van der Waals surface area contributed by atoms with Crippen molar-refractivity contribution in [3.05, 3.63) is 0 Å². The van der Waals surface area contributed by atoms with Gasteiger partial charge in [0, 0.05) is 157 Å². The van der Waals surface area contributed by atoms with Gasteiger partial charge in [-0.05, 0) is 77.0 Å². The smallest absolute Gasteiger partial charge is 0.361 e. The van der Waals surface area contributed by atoms with Gasteiger partial charge in [0.25, 0.3) is 0 Å². The lowest BCUT2D eigenvalue weighted by molar-refractivity contribution is 0.320. The quantitative estimate of drug-likeness (QED) is 0.0205. The van der Waals surface area contributed by atoms with Crippen LogP contribution in [0.15, 0.2) is 59.9 Å². The van der Waals surface area contributed by atoms with Crippen LogP contribution < -0.4 is 0 Å². The molecule has 138 heavy (non-hydrogen) atoms. The van der Waals surface area contributed by atoms with Gasteiger partial charge >= 0.3 is 47.4 Å². The molecular weight excluding hydrogens is 1930 g/mol. The molecule has 0 saturated heterocycles. The number of halogens is 6. The zero-order valence-corrected chi connectivity index (χ0v) is 90.2. The van der Waals surface area contributed by atoms with Gasteiger partial charge in [-0.2, -0.15) is 0 Å². The first-order valence-electron chi connectivity index (χ1n) is 48.6. The van der Waals surface area contributed by atoms with Crippen LogP contribution in [0.4, 0.5) is 25.2 Å². The van der Waals surface area contributed by atoms with Crippen molar-refractivity contribution < 1.29 is 111 Å². The van der Waals surface area contributed by atoms with Gasteiger partial charge in [0.1, 0.15) is 0 Å². The average molecular weight is 2110 g/mol. The zero-order valence-electron chi connectivity index (χ0n) is 84.9.